The highest BCUT2D eigenvalue weighted by Gasteiger charge is 2.20. The van der Waals surface area contributed by atoms with Crippen LogP contribution in [0.1, 0.15) is 19.8 Å². The average molecular weight is 169 g/mol. The van der Waals surface area contributed by atoms with Gasteiger partial charge in [0.15, 0.2) is 0 Å². The van der Waals surface area contributed by atoms with Crippen LogP contribution in [-0.2, 0) is 0 Å². The molecule has 62 valence electrons. The highest BCUT2D eigenvalue weighted by atomic mass is 32.2. The van der Waals surface area contributed by atoms with Crippen LogP contribution in [0.2, 0.25) is 0 Å². The van der Waals surface area contributed by atoms with Crippen molar-refractivity contribution in [3.8, 4) is 12.3 Å². The van der Waals surface area contributed by atoms with Crippen LogP contribution in [-0.4, -0.2) is 23.6 Å². The van der Waals surface area contributed by atoms with Crippen molar-refractivity contribution < 1.29 is 0 Å². The molecule has 0 saturated carbocycles. The topological polar surface area (TPSA) is 12.0 Å². The van der Waals surface area contributed by atoms with E-state index in [0.29, 0.717) is 6.04 Å². The normalized spacial score (nSPS) is 31.3. The van der Waals surface area contributed by atoms with Crippen LogP contribution in [0.15, 0.2) is 0 Å². The van der Waals surface area contributed by atoms with E-state index in [2.05, 4.69) is 18.2 Å². The molecule has 1 N–H and O–H groups in total. The summed E-state index contributed by atoms with van der Waals surface area (Å²) in [5.41, 5.74) is 0. The Labute approximate surface area is 73.3 Å². The Kier molecular flexibility index (Phi) is 3.82. The molecule has 2 unspecified atom stereocenters. The Morgan fingerprint density at radius 2 is 2.55 bits per heavy atom. The molecule has 1 aliphatic rings. The second-order valence-electron chi connectivity index (χ2n) is 2.91. The highest BCUT2D eigenvalue weighted by molar-refractivity contribution is 7.99. The van der Waals surface area contributed by atoms with Crippen molar-refractivity contribution in [1.29, 1.82) is 0 Å². The lowest BCUT2D eigenvalue weighted by Gasteiger charge is -2.28. The lowest BCUT2D eigenvalue weighted by molar-refractivity contribution is 0.487. The molecule has 0 aromatic carbocycles. The Balaban J connectivity index is 2.25. The number of hydrogen-bond donors (Lipinski definition) is 1. The van der Waals surface area contributed by atoms with Gasteiger partial charge in [0.25, 0.3) is 0 Å². The van der Waals surface area contributed by atoms with Gasteiger partial charge < -0.3 is 5.32 Å². The van der Waals surface area contributed by atoms with Crippen molar-refractivity contribution in [3.63, 3.8) is 0 Å². The zero-order valence-electron chi connectivity index (χ0n) is 6.97. The molecule has 1 heterocycles. The highest BCUT2D eigenvalue weighted by Crippen LogP contribution is 2.24. The fourth-order valence-electron chi connectivity index (χ4n) is 1.38. The number of thioether (sulfide) groups is 1. The minimum absolute atomic E-state index is 0.643. The molecule has 1 nitrogen and oxygen atoms in total. The fourth-order valence-corrected chi connectivity index (χ4v) is 2.55. The second-order valence-corrected chi connectivity index (χ2v) is 4.39. The van der Waals surface area contributed by atoms with Gasteiger partial charge in [-0.3, -0.25) is 0 Å². The SMILES string of the molecule is C#CCNC1CCCSC1C. The summed E-state index contributed by atoms with van der Waals surface area (Å²) in [5, 5.41) is 4.10. The van der Waals surface area contributed by atoms with E-state index in [1.165, 1.54) is 18.6 Å². The van der Waals surface area contributed by atoms with E-state index in [-0.39, 0.29) is 0 Å². The first-order chi connectivity index (χ1) is 5.34. The van der Waals surface area contributed by atoms with Crippen LogP contribution >= 0.6 is 11.8 Å². The first-order valence-corrected chi connectivity index (χ1v) is 5.18. The lowest BCUT2D eigenvalue weighted by atomic mass is 10.1. The Morgan fingerprint density at radius 3 is 3.18 bits per heavy atom. The summed E-state index contributed by atoms with van der Waals surface area (Å²) in [6.45, 7) is 2.99. The van der Waals surface area contributed by atoms with Gasteiger partial charge in [-0.15, -0.1) is 6.42 Å². The molecule has 11 heavy (non-hydrogen) atoms. The molecule has 1 saturated heterocycles. The Bertz CT molecular complexity index is 150. The molecule has 2 heteroatoms. The summed E-state index contributed by atoms with van der Waals surface area (Å²) in [7, 11) is 0. The van der Waals surface area contributed by atoms with Gasteiger partial charge in [0.05, 0.1) is 6.54 Å². The van der Waals surface area contributed by atoms with Crippen molar-refractivity contribution in [3.05, 3.63) is 0 Å². The fraction of sp³-hybridized carbons (Fsp3) is 0.778. The predicted molar refractivity (Wildman–Crippen MR) is 51.8 cm³/mol. The third kappa shape index (κ3) is 2.76. The van der Waals surface area contributed by atoms with E-state index in [9.17, 15) is 0 Å². The predicted octanol–water partition coefficient (Wildman–Crippen LogP) is 1.49. The lowest BCUT2D eigenvalue weighted by Crippen LogP contribution is -2.39. The quantitative estimate of drug-likeness (QED) is 0.629. The summed E-state index contributed by atoms with van der Waals surface area (Å²) in [4.78, 5) is 0. The molecular formula is C9H15NS. The molecule has 0 radical (unpaired) electrons. The summed E-state index contributed by atoms with van der Waals surface area (Å²) in [5.74, 6) is 3.93. The molecule has 2 atom stereocenters. The van der Waals surface area contributed by atoms with Crippen LogP contribution in [0.4, 0.5) is 0 Å². The van der Waals surface area contributed by atoms with Crippen molar-refractivity contribution in [1.82, 2.24) is 5.32 Å². The summed E-state index contributed by atoms with van der Waals surface area (Å²) < 4.78 is 0. The molecular weight excluding hydrogens is 154 g/mol. The molecule has 1 aliphatic heterocycles. The molecule has 0 aliphatic carbocycles. The number of nitrogens with one attached hydrogen (secondary N) is 1. The number of rotatable bonds is 2. The number of terminal acetylenes is 1. The van der Waals surface area contributed by atoms with Crippen LogP contribution in [0.25, 0.3) is 0 Å². The smallest absolute Gasteiger partial charge is 0.0576 e. The maximum absolute atomic E-state index is 5.17. The van der Waals surface area contributed by atoms with E-state index in [1.54, 1.807) is 0 Å². The third-order valence-electron chi connectivity index (χ3n) is 2.07. The van der Waals surface area contributed by atoms with Gasteiger partial charge in [0.1, 0.15) is 0 Å². The van der Waals surface area contributed by atoms with Crippen molar-refractivity contribution >= 4 is 11.8 Å². The van der Waals surface area contributed by atoms with Gasteiger partial charge in [0, 0.05) is 11.3 Å². The van der Waals surface area contributed by atoms with Crippen molar-refractivity contribution in [2.45, 2.75) is 31.1 Å². The maximum atomic E-state index is 5.17. The van der Waals surface area contributed by atoms with Crippen LogP contribution in [0.5, 0.6) is 0 Å². The van der Waals surface area contributed by atoms with Crippen molar-refractivity contribution in [2.24, 2.45) is 0 Å². The van der Waals surface area contributed by atoms with Gasteiger partial charge in [-0.2, -0.15) is 11.8 Å². The first-order valence-electron chi connectivity index (χ1n) is 4.13. The maximum Gasteiger partial charge on any atom is 0.0576 e. The molecule has 0 aromatic heterocycles. The van der Waals surface area contributed by atoms with E-state index < -0.39 is 0 Å². The van der Waals surface area contributed by atoms with Gasteiger partial charge in [-0.05, 0) is 18.6 Å². The minimum Gasteiger partial charge on any atom is -0.302 e. The molecule has 0 spiro atoms. The molecule has 1 fully saturated rings. The van der Waals surface area contributed by atoms with Crippen LogP contribution < -0.4 is 5.32 Å². The molecule has 0 bridgehead atoms. The van der Waals surface area contributed by atoms with E-state index in [4.69, 9.17) is 6.42 Å². The molecule has 1 rings (SSSR count). The monoisotopic (exact) mass is 169 g/mol. The minimum atomic E-state index is 0.643. The Hall–Kier alpha value is -0.130. The first kappa shape index (κ1) is 8.96. The van der Waals surface area contributed by atoms with Gasteiger partial charge in [-0.1, -0.05) is 12.8 Å². The van der Waals surface area contributed by atoms with E-state index >= 15 is 0 Å². The van der Waals surface area contributed by atoms with Crippen LogP contribution in [0, 0.1) is 12.3 Å². The van der Waals surface area contributed by atoms with Crippen molar-refractivity contribution in [2.75, 3.05) is 12.3 Å². The average Bonchev–Trinajstić information content (AvgIpc) is 2.03. The standard InChI is InChI=1S/C9H15NS/c1-3-6-10-9-5-4-7-11-8(9)2/h1,8-10H,4-7H2,2H3. The zero-order valence-corrected chi connectivity index (χ0v) is 7.79. The largest absolute Gasteiger partial charge is 0.302 e. The molecule has 0 aromatic rings. The summed E-state index contributed by atoms with van der Waals surface area (Å²) in [6, 6.07) is 0.643. The number of hydrogen-bond acceptors (Lipinski definition) is 2. The van der Waals surface area contributed by atoms with Gasteiger partial charge in [0.2, 0.25) is 0 Å². The summed E-state index contributed by atoms with van der Waals surface area (Å²) >= 11 is 2.05. The third-order valence-corrected chi connectivity index (χ3v) is 3.45. The van der Waals surface area contributed by atoms with E-state index in [1.807, 2.05) is 11.8 Å². The van der Waals surface area contributed by atoms with Gasteiger partial charge in [-0.25, -0.2) is 0 Å². The molecule has 0 amide bonds. The zero-order chi connectivity index (χ0) is 8.10. The Morgan fingerprint density at radius 1 is 1.73 bits per heavy atom. The van der Waals surface area contributed by atoms with Crippen LogP contribution in [0.3, 0.4) is 0 Å². The van der Waals surface area contributed by atoms with Gasteiger partial charge >= 0.3 is 0 Å². The summed E-state index contributed by atoms with van der Waals surface area (Å²) in [6.07, 6.45) is 7.79. The van der Waals surface area contributed by atoms with E-state index in [0.717, 1.165) is 11.8 Å². The second kappa shape index (κ2) is 4.69.